The van der Waals surface area contributed by atoms with E-state index in [9.17, 15) is 9.59 Å². The molecular formula is C24H32N4O3. The molecule has 0 bridgehead atoms. The van der Waals surface area contributed by atoms with Crippen LogP contribution in [0.15, 0.2) is 48.5 Å². The van der Waals surface area contributed by atoms with E-state index < -0.39 is 12.0 Å². The molecule has 7 heteroatoms. The summed E-state index contributed by atoms with van der Waals surface area (Å²) in [6, 6.07) is 14.4. The Balaban J connectivity index is 1.71. The number of para-hydroxylation sites is 1. The second-order valence-corrected chi connectivity index (χ2v) is 8.47. The maximum atomic E-state index is 12.9. The third-order valence-electron chi connectivity index (χ3n) is 5.57. The van der Waals surface area contributed by atoms with Crippen molar-refractivity contribution >= 4 is 23.3 Å². The van der Waals surface area contributed by atoms with Crippen LogP contribution >= 0.6 is 0 Å². The SMILES string of the molecule is CN(C)c1cccc(C(=O)Nc2ccccc2CN(CCC(N)C(=O)O)CC2CC2)c1. The summed E-state index contributed by atoms with van der Waals surface area (Å²) in [6.45, 7) is 2.16. The number of nitrogens with two attached hydrogens (primary N) is 1. The van der Waals surface area contributed by atoms with Crippen molar-refractivity contribution < 1.29 is 14.7 Å². The number of amides is 1. The van der Waals surface area contributed by atoms with Crippen molar-refractivity contribution in [3.63, 3.8) is 0 Å². The number of hydrogen-bond donors (Lipinski definition) is 3. The number of rotatable bonds is 11. The predicted octanol–water partition coefficient (Wildman–Crippen LogP) is 3.02. The Morgan fingerprint density at radius 1 is 1.16 bits per heavy atom. The molecule has 1 unspecified atom stereocenters. The largest absolute Gasteiger partial charge is 0.480 e. The van der Waals surface area contributed by atoms with E-state index in [4.69, 9.17) is 10.8 Å². The van der Waals surface area contributed by atoms with Gasteiger partial charge in [0.1, 0.15) is 6.04 Å². The van der Waals surface area contributed by atoms with Crippen LogP contribution in [0.1, 0.15) is 35.2 Å². The van der Waals surface area contributed by atoms with Gasteiger partial charge in [0.15, 0.2) is 0 Å². The lowest BCUT2D eigenvalue weighted by Crippen LogP contribution is -2.36. The number of aliphatic carboxylic acids is 1. The summed E-state index contributed by atoms with van der Waals surface area (Å²) in [5, 5.41) is 12.1. The number of anilines is 2. The summed E-state index contributed by atoms with van der Waals surface area (Å²) in [5.41, 5.74) is 9.05. The molecule has 2 aromatic rings. The van der Waals surface area contributed by atoms with Gasteiger partial charge in [-0.05, 0) is 55.0 Å². The van der Waals surface area contributed by atoms with Crippen molar-refractivity contribution in [3.05, 3.63) is 59.7 Å². The Kier molecular flexibility index (Phi) is 7.65. The number of carboxylic acids is 1. The third kappa shape index (κ3) is 6.80. The van der Waals surface area contributed by atoms with E-state index >= 15 is 0 Å². The Bertz CT molecular complexity index is 911. The fourth-order valence-electron chi connectivity index (χ4n) is 3.49. The van der Waals surface area contributed by atoms with Gasteiger partial charge in [-0.1, -0.05) is 24.3 Å². The van der Waals surface area contributed by atoms with Gasteiger partial charge in [0.25, 0.3) is 5.91 Å². The molecule has 1 saturated carbocycles. The summed E-state index contributed by atoms with van der Waals surface area (Å²) >= 11 is 0. The molecule has 1 aliphatic carbocycles. The molecule has 1 amide bonds. The number of carbonyl (C=O) groups is 2. The molecule has 7 nitrogen and oxygen atoms in total. The summed E-state index contributed by atoms with van der Waals surface area (Å²) < 4.78 is 0. The van der Waals surface area contributed by atoms with Crippen LogP contribution in [-0.2, 0) is 11.3 Å². The van der Waals surface area contributed by atoms with Crippen LogP contribution in [0.2, 0.25) is 0 Å². The van der Waals surface area contributed by atoms with Crippen LogP contribution in [0, 0.1) is 5.92 Å². The molecule has 0 radical (unpaired) electrons. The summed E-state index contributed by atoms with van der Waals surface area (Å²) in [5.74, 6) is -0.464. The minimum Gasteiger partial charge on any atom is -0.480 e. The lowest BCUT2D eigenvalue weighted by Gasteiger charge is -2.24. The molecule has 4 N–H and O–H groups in total. The van der Waals surface area contributed by atoms with Gasteiger partial charge in [-0.2, -0.15) is 0 Å². The molecule has 1 fully saturated rings. The Morgan fingerprint density at radius 3 is 2.58 bits per heavy atom. The van der Waals surface area contributed by atoms with Gasteiger partial charge < -0.3 is 21.1 Å². The highest BCUT2D eigenvalue weighted by atomic mass is 16.4. The van der Waals surface area contributed by atoms with Crippen molar-refractivity contribution in [1.82, 2.24) is 4.90 Å². The van der Waals surface area contributed by atoms with E-state index in [2.05, 4.69) is 10.2 Å². The van der Waals surface area contributed by atoms with Crippen molar-refractivity contribution in [2.75, 3.05) is 37.4 Å². The van der Waals surface area contributed by atoms with E-state index in [0.29, 0.717) is 31.0 Å². The minimum atomic E-state index is -0.973. The first-order valence-electron chi connectivity index (χ1n) is 10.7. The molecule has 1 aliphatic rings. The van der Waals surface area contributed by atoms with Gasteiger partial charge in [0, 0.05) is 50.7 Å². The van der Waals surface area contributed by atoms with E-state index in [-0.39, 0.29) is 5.91 Å². The van der Waals surface area contributed by atoms with Crippen LogP contribution in [0.4, 0.5) is 11.4 Å². The molecule has 1 atom stereocenters. The van der Waals surface area contributed by atoms with Crippen molar-refractivity contribution in [1.29, 1.82) is 0 Å². The minimum absolute atomic E-state index is 0.155. The normalized spacial score (nSPS) is 14.3. The van der Waals surface area contributed by atoms with Crippen molar-refractivity contribution in [2.24, 2.45) is 11.7 Å². The highest BCUT2D eigenvalue weighted by Crippen LogP contribution is 2.31. The molecule has 166 valence electrons. The molecule has 0 saturated heterocycles. The summed E-state index contributed by atoms with van der Waals surface area (Å²) in [7, 11) is 3.88. The van der Waals surface area contributed by atoms with Crippen LogP contribution in [0.3, 0.4) is 0 Å². The van der Waals surface area contributed by atoms with Crippen LogP contribution in [0.25, 0.3) is 0 Å². The monoisotopic (exact) mass is 424 g/mol. The smallest absolute Gasteiger partial charge is 0.320 e. The zero-order valence-corrected chi connectivity index (χ0v) is 18.3. The topological polar surface area (TPSA) is 98.9 Å². The van der Waals surface area contributed by atoms with Gasteiger partial charge in [0.05, 0.1) is 0 Å². The molecule has 0 aliphatic heterocycles. The highest BCUT2D eigenvalue weighted by Gasteiger charge is 2.25. The quantitative estimate of drug-likeness (QED) is 0.513. The van der Waals surface area contributed by atoms with Crippen molar-refractivity contribution in [2.45, 2.75) is 31.8 Å². The Labute approximate surface area is 183 Å². The van der Waals surface area contributed by atoms with Gasteiger partial charge in [0.2, 0.25) is 0 Å². The van der Waals surface area contributed by atoms with Gasteiger partial charge in [-0.25, -0.2) is 0 Å². The fourth-order valence-corrected chi connectivity index (χ4v) is 3.49. The molecular weight excluding hydrogens is 392 g/mol. The number of carboxylic acid groups (broad SMARTS) is 1. The first-order chi connectivity index (χ1) is 14.8. The molecule has 0 spiro atoms. The molecule has 31 heavy (non-hydrogen) atoms. The number of nitrogens with one attached hydrogen (secondary N) is 1. The first kappa shape index (κ1) is 22.8. The average Bonchev–Trinajstić information content (AvgIpc) is 3.57. The third-order valence-corrected chi connectivity index (χ3v) is 5.57. The maximum absolute atomic E-state index is 12.9. The zero-order chi connectivity index (χ0) is 22.4. The van der Waals surface area contributed by atoms with Crippen LogP contribution in [-0.4, -0.2) is 55.1 Å². The number of carbonyl (C=O) groups excluding carboxylic acids is 1. The Morgan fingerprint density at radius 2 is 1.90 bits per heavy atom. The zero-order valence-electron chi connectivity index (χ0n) is 18.3. The lowest BCUT2D eigenvalue weighted by molar-refractivity contribution is -0.138. The van der Waals surface area contributed by atoms with Crippen molar-refractivity contribution in [3.8, 4) is 0 Å². The van der Waals surface area contributed by atoms with E-state index in [1.165, 1.54) is 12.8 Å². The standard InChI is InChI=1S/C24H32N4O3/c1-27(2)20-8-5-7-18(14-20)23(29)26-22-9-4-3-6-19(22)16-28(15-17-10-11-17)13-12-21(25)24(30)31/h3-9,14,17,21H,10-13,15-16,25H2,1-2H3,(H,26,29)(H,30,31). The van der Waals surface area contributed by atoms with E-state index in [1.807, 2.05) is 61.5 Å². The maximum Gasteiger partial charge on any atom is 0.320 e. The second kappa shape index (κ2) is 10.4. The molecule has 0 aromatic heterocycles. The van der Waals surface area contributed by atoms with Gasteiger partial charge in [-0.15, -0.1) is 0 Å². The summed E-state index contributed by atoms with van der Waals surface area (Å²) in [4.78, 5) is 28.2. The lowest BCUT2D eigenvalue weighted by atomic mass is 10.1. The number of benzene rings is 2. The highest BCUT2D eigenvalue weighted by molar-refractivity contribution is 6.05. The van der Waals surface area contributed by atoms with E-state index in [0.717, 1.165) is 23.5 Å². The number of hydrogen-bond acceptors (Lipinski definition) is 5. The van der Waals surface area contributed by atoms with Crippen LogP contribution in [0.5, 0.6) is 0 Å². The van der Waals surface area contributed by atoms with Gasteiger partial charge >= 0.3 is 5.97 Å². The number of nitrogens with zero attached hydrogens (tertiary/aromatic N) is 2. The van der Waals surface area contributed by atoms with Crippen LogP contribution < -0.4 is 16.0 Å². The molecule has 3 rings (SSSR count). The fraction of sp³-hybridized carbons (Fsp3) is 0.417. The first-order valence-corrected chi connectivity index (χ1v) is 10.7. The molecule has 2 aromatic carbocycles. The van der Waals surface area contributed by atoms with Gasteiger partial charge in [-0.3, -0.25) is 14.5 Å². The predicted molar refractivity (Wildman–Crippen MR) is 123 cm³/mol. The summed E-state index contributed by atoms with van der Waals surface area (Å²) in [6.07, 6.45) is 2.82. The molecule has 0 heterocycles. The Hall–Kier alpha value is -2.90. The second-order valence-electron chi connectivity index (χ2n) is 8.47. The average molecular weight is 425 g/mol. The van der Waals surface area contributed by atoms with E-state index in [1.54, 1.807) is 6.07 Å².